The number of anilines is 1. The average molecular weight is 345 g/mol. The number of β-lactam (4-membered cyclic amide) rings is 1. The van der Waals surface area contributed by atoms with E-state index in [0.717, 1.165) is 17.0 Å². The van der Waals surface area contributed by atoms with Gasteiger partial charge in [0.25, 0.3) is 5.91 Å². The highest BCUT2D eigenvalue weighted by molar-refractivity contribution is 6.05. The standard InChI is InChI=1S/C22H19NO3/c1-25-18-14-12-17(13-15-18)23-20(16-8-4-2-5-9-16)21(22(23)24)26-19-10-6-3-7-11-19/h2-15,20-21H,1H3/t20-,21-/m0/s1. The van der Waals surface area contributed by atoms with E-state index in [1.165, 1.54) is 0 Å². The molecule has 1 aliphatic rings. The zero-order chi connectivity index (χ0) is 17.9. The summed E-state index contributed by atoms with van der Waals surface area (Å²) in [6, 6.07) is 26.8. The SMILES string of the molecule is COc1ccc(N2C(=O)[C@@H](Oc3ccccc3)[C@@H]2c2ccccc2)cc1. The zero-order valence-electron chi connectivity index (χ0n) is 14.4. The van der Waals surface area contributed by atoms with Crippen LogP contribution in [0.25, 0.3) is 0 Å². The lowest BCUT2D eigenvalue weighted by atomic mass is 9.89. The highest BCUT2D eigenvalue weighted by Gasteiger charge is 2.50. The Kier molecular flexibility index (Phi) is 4.32. The van der Waals surface area contributed by atoms with Gasteiger partial charge in [0.05, 0.1) is 7.11 Å². The van der Waals surface area contributed by atoms with Gasteiger partial charge in [-0.2, -0.15) is 0 Å². The van der Waals surface area contributed by atoms with Crippen LogP contribution in [0.2, 0.25) is 0 Å². The molecule has 4 heteroatoms. The van der Waals surface area contributed by atoms with Crippen LogP contribution in [-0.2, 0) is 4.79 Å². The normalized spacial score (nSPS) is 19.0. The molecule has 1 saturated heterocycles. The third-order valence-corrected chi connectivity index (χ3v) is 4.54. The van der Waals surface area contributed by atoms with E-state index < -0.39 is 6.10 Å². The monoisotopic (exact) mass is 345 g/mol. The molecule has 0 saturated carbocycles. The van der Waals surface area contributed by atoms with Gasteiger partial charge in [-0.3, -0.25) is 9.69 Å². The van der Waals surface area contributed by atoms with Crippen LogP contribution in [-0.4, -0.2) is 19.1 Å². The van der Waals surface area contributed by atoms with Gasteiger partial charge in [0.2, 0.25) is 6.10 Å². The molecule has 0 spiro atoms. The number of methoxy groups -OCH3 is 1. The molecule has 0 N–H and O–H groups in total. The Morgan fingerprint density at radius 1 is 0.769 bits per heavy atom. The summed E-state index contributed by atoms with van der Waals surface area (Å²) in [5.41, 5.74) is 1.88. The predicted molar refractivity (Wildman–Crippen MR) is 101 cm³/mol. The maximum atomic E-state index is 12.9. The number of rotatable bonds is 5. The summed E-state index contributed by atoms with van der Waals surface area (Å²) in [5.74, 6) is 1.41. The van der Waals surface area contributed by atoms with Crippen molar-refractivity contribution in [2.45, 2.75) is 12.1 Å². The number of nitrogens with zero attached hydrogens (tertiary/aromatic N) is 1. The second-order valence-corrected chi connectivity index (χ2v) is 6.11. The van der Waals surface area contributed by atoms with Crippen LogP contribution in [0.4, 0.5) is 5.69 Å². The summed E-state index contributed by atoms with van der Waals surface area (Å²) in [6.45, 7) is 0. The van der Waals surface area contributed by atoms with Gasteiger partial charge in [-0.25, -0.2) is 0 Å². The second kappa shape index (κ2) is 6.92. The fourth-order valence-corrected chi connectivity index (χ4v) is 3.23. The van der Waals surface area contributed by atoms with Gasteiger partial charge in [-0.15, -0.1) is 0 Å². The van der Waals surface area contributed by atoms with E-state index in [4.69, 9.17) is 9.47 Å². The van der Waals surface area contributed by atoms with E-state index >= 15 is 0 Å². The van der Waals surface area contributed by atoms with Crippen molar-refractivity contribution in [3.05, 3.63) is 90.5 Å². The smallest absolute Gasteiger partial charge is 0.271 e. The average Bonchev–Trinajstić information content (AvgIpc) is 2.71. The van der Waals surface area contributed by atoms with Crippen LogP contribution < -0.4 is 14.4 Å². The number of carbonyl (C=O) groups is 1. The molecule has 1 fully saturated rings. The van der Waals surface area contributed by atoms with Crippen LogP contribution in [0.1, 0.15) is 11.6 Å². The molecule has 26 heavy (non-hydrogen) atoms. The number of hydrogen-bond donors (Lipinski definition) is 0. The summed E-state index contributed by atoms with van der Waals surface area (Å²) in [7, 11) is 1.63. The molecule has 4 rings (SSSR count). The first kappa shape index (κ1) is 16.2. The zero-order valence-corrected chi connectivity index (χ0v) is 14.4. The van der Waals surface area contributed by atoms with Crippen LogP contribution in [0.15, 0.2) is 84.9 Å². The summed E-state index contributed by atoms with van der Waals surface area (Å²) >= 11 is 0. The van der Waals surface area contributed by atoms with Gasteiger partial charge in [0.1, 0.15) is 17.5 Å². The fourth-order valence-electron chi connectivity index (χ4n) is 3.23. The van der Waals surface area contributed by atoms with Gasteiger partial charge in [0.15, 0.2) is 0 Å². The molecule has 3 aromatic rings. The Morgan fingerprint density at radius 2 is 1.38 bits per heavy atom. The minimum Gasteiger partial charge on any atom is -0.497 e. The minimum absolute atomic E-state index is 0.0483. The highest BCUT2D eigenvalue weighted by atomic mass is 16.5. The van der Waals surface area contributed by atoms with Gasteiger partial charge in [-0.1, -0.05) is 48.5 Å². The lowest BCUT2D eigenvalue weighted by Gasteiger charge is -2.46. The molecule has 1 aliphatic heterocycles. The van der Waals surface area contributed by atoms with Crippen LogP contribution in [0, 0.1) is 0 Å². The molecule has 1 amide bonds. The Balaban J connectivity index is 1.66. The molecule has 0 aliphatic carbocycles. The quantitative estimate of drug-likeness (QED) is 0.650. The van der Waals surface area contributed by atoms with Crippen molar-refractivity contribution in [2.24, 2.45) is 0 Å². The van der Waals surface area contributed by atoms with Crippen molar-refractivity contribution in [2.75, 3.05) is 12.0 Å². The van der Waals surface area contributed by atoms with Gasteiger partial charge in [0, 0.05) is 5.69 Å². The third-order valence-electron chi connectivity index (χ3n) is 4.54. The first-order chi connectivity index (χ1) is 12.8. The largest absolute Gasteiger partial charge is 0.497 e. The van der Waals surface area contributed by atoms with Crippen molar-refractivity contribution >= 4 is 11.6 Å². The lowest BCUT2D eigenvalue weighted by Crippen LogP contribution is -2.61. The number of benzene rings is 3. The van der Waals surface area contributed by atoms with Crippen molar-refractivity contribution in [1.82, 2.24) is 0 Å². The molecule has 0 aromatic heterocycles. The molecule has 3 aromatic carbocycles. The molecule has 130 valence electrons. The molecule has 4 nitrogen and oxygen atoms in total. The van der Waals surface area contributed by atoms with E-state index in [1.807, 2.05) is 84.9 Å². The van der Waals surface area contributed by atoms with Crippen molar-refractivity contribution in [3.8, 4) is 11.5 Å². The molecule has 0 unspecified atom stereocenters. The van der Waals surface area contributed by atoms with Crippen molar-refractivity contribution < 1.29 is 14.3 Å². The number of para-hydroxylation sites is 1. The maximum Gasteiger partial charge on any atom is 0.271 e. The number of ether oxygens (including phenoxy) is 2. The molecule has 2 atom stereocenters. The Bertz CT molecular complexity index is 878. The Labute approximate surface area is 152 Å². The third kappa shape index (κ3) is 2.90. The molecule has 0 bridgehead atoms. The van der Waals surface area contributed by atoms with Gasteiger partial charge in [-0.05, 0) is 42.0 Å². The van der Waals surface area contributed by atoms with Crippen LogP contribution in [0.5, 0.6) is 11.5 Å². The van der Waals surface area contributed by atoms with Crippen molar-refractivity contribution in [1.29, 1.82) is 0 Å². The van der Waals surface area contributed by atoms with Crippen molar-refractivity contribution in [3.63, 3.8) is 0 Å². The number of amides is 1. The summed E-state index contributed by atoms with van der Waals surface area (Å²) in [4.78, 5) is 14.7. The molecule has 1 heterocycles. The fraction of sp³-hybridized carbons (Fsp3) is 0.136. The second-order valence-electron chi connectivity index (χ2n) is 6.11. The lowest BCUT2D eigenvalue weighted by molar-refractivity contribution is -0.135. The number of carbonyl (C=O) groups excluding carboxylic acids is 1. The maximum absolute atomic E-state index is 12.9. The molecular weight excluding hydrogens is 326 g/mol. The Hall–Kier alpha value is -3.27. The summed E-state index contributed by atoms with van der Waals surface area (Å²) in [6.07, 6.45) is -0.540. The minimum atomic E-state index is -0.540. The highest BCUT2D eigenvalue weighted by Crippen LogP contribution is 2.41. The van der Waals surface area contributed by atoms with E-state index in [-0.39, 0.29) is 11.9 Å². The molecule has 0 radical (unpaired) electrons. The van der Waals surface area contributed by atoms with Gasteiger partial charge < -0.3 is 9.47 Å². The topological polar surface area (TPSA) is 38.8 Å². The predicted octanol–water partition coefficient (Wildman–Crippen LogP) is 4.23. The van der Waals surface area contributed by atoms with E-state index in [0.29, 0.717) is 5.75 Å². The Morgan fingerprint density at radius 3 is 2.00 bits per heavy atom. The first-order valence-corrected chi connectivity index (χ1v) is 8.52. The first-order valence-electron chi connectivity index (χ1n) is 8.52. The van der Waals surface area contributed by atoms with Crippen LogP contribution >= 0.6 is 0 Å². The molecular formula is C22H19NO3. The van der Waals surface area contributed by atoms with E-state index in [1.54, 1.807) is 12.0 Å². The van der Waals surface area contributed by atoms with E-state index in [9.17, 15) is 4.79 Å². The van der Waals surface area contributed by atoms with Gasteiger partial charge >= 0.3 is 0 Å². The number of hydrogen-bond acceptors (Lipinski definition) is 3. The summed E-state index contributed by atoms with van der Waals surface area (Å²) < 4.78 is 11.2. The van der Waals surface area contributed by atoms with Crippen LogP contribution in [0.3, 0.4) is 0 Å². The van der Waals surface area contributed by atoms with E-state index in [2.05, 4.69) is 0 Å². The summed E-state index contributed by atoms with van der Waals surface area (Å²) in [5, 5.41) is 0.